The van der Waals surface area contributed by atoms with Crippen LogP contribution in [0.4, 0.5) is 5.69 Å². The molecule has 0 saturated heterocycles. The first kappa shape index (κ1) is 16.2. The normalized spacial score (nSPS) is 10.5. The molecule has 2 N–H and O–H groups in total. The molecule has 116 valence electrons. The number of hydrogen-bond donors (Lipinski definition) is 2. The zero-order chi connectivity index (χ0) is 16.3. The Morgan fingerprint density at radius 1 is 1.23 bits per heavy atom. The van der Waals surface area contributed by atoms with Crippen molar-refractivity contribution < 1.29 is 14.7 Å². The van der Waals surface area contributed by atoms with E-state index >= 15 is 0 Å². The number of aromatic nitrogens is 1. The molecule has 0 aliphatic rings. The van der Waals surface area contributed by atoms with Crippen molar-refractivity contribution in [2.75, 3.05) is 5.32 Å². The Bertz CT molecular complexity index is 702. The average Bonchev–Trinajstić information content (AvgIpc) is 2.80. The number of carboxylic acids is 1. The molecule has 0 unspecified atom stereocenters. The minimum absolute atomic E-state index is 0.0813. The maximum absolute atomic E-state index is 12.1. The lowest BCUT2D eigenvalue weighted by molar-refractivity contribution is -0.115. The Balaban J connectivity index is 2.10. The number of amides is 1. The van der Waals surface area contributed by atoms with E-state index in [4.69, 9.17) is 5.11 Å². The number of anilines is 1. The summed E-state index contributed by atoms with van der Waals surface area (Å²) in [6, 6.07) is 5.82. The molecule has 0 aliphatic heterocycles. The van der Waals surface area contributed by atoms with Crippen LogP contribution in [0.3, 0.4) is 0 Å². The molecule has 2 aromatic rings. The van der Waals surface area contributed by atoms with Gasteiger partial charge in [0, 0.05) is 5.69 Å². The van der Waals surface area contributed by atoms with Crippen molar-refractivity contribution in [1.29, 1.82) is 0 Å². The summed E-state index contributed by atoms with van der Waals surface area (Å²) < 4.78 is 0. The quantitative estimate of drug-likeness (QED) is 0.887. The van der Waals surface area contributed by atoms with Crippen LogP contribution in [0.5, 0.6) is 0 Å². The van der Waals surface area contributed by atoms with Crippen LogP contribution in [0.15, 0.2) is 18.2 Å². The summed E-state index contributed by atoms with van der Waals surface area (Å²) in [5.74, 6) is -1.19. The summed E-state index contributed by atoms with van der Waals surface area (Å²) in [6.45, 7) is 5.78. The zero-order valence-electron chi connectivity index (χ0n) is 12.8. The fraction of sp³-hybridized carbons (Fsp3) is 0.312. The van der Waals surface area contributed by atoms with E-state index < -0.39 is 5.97 Å². The van der Waals surface area contributed by atoms with Gasteiger partial charge in [-0.25, -0.2) is 9.78 Å². The lowest BCUT2D eigenvalue weighted by Gasteiger charge is -2.06. The van der Waals surface area contributed by atoms with Crippen molar-refractivity contribution in [2.45, 2.75) is 33.6 Å². The second kappa shape index (κ2) is 6.70. The third-order valence-corrected chi connectivity index (χ3v) is 4.17. The van der Waals surface area contributed by atoms with Gasteiger partial charge in [-0.15, -0.1) is 11.3 Å². The number of nitrogens with zero attached hydrogens (tertiary/aromatic N) is 1. The van der Waals surface area contributed by atoms with Crippen LogP contribution in [0, 0.1) is 13.8 Å². The van der Waals surface area contributed by atoms with Crippen molar-refractivity contribution in [2.24, 2.45) is 0 Å². The van der Waals surface area contributed by atoms with Crippen LogP contribution in [-0.4, -0.2) is 22.0 Å². The number of hydrogen-bond acceptors (Lipinski definition) is 4. The highest BCUT2D eigenvalue weighted by molar-refractivity contribution is 7.13. The summed E-state index contributed by atoms with van der Waals surface area (Å²) in [6.07, 6.45) is 0.620. The van der Waals surface area contributed by atoms with Gasteiger partial charge >= 0.3 is 5.97 Å². The maximum Gasteiger partial charge on any atom is 0.347 e. The van der Waals surface area contributed by atoms with E-state index in [-0.39, 0.29) is 17.2 Å². The van der Waals surface area contributed by atoms with Crippen LogP contribution >= 0.6 is 11.3 Å². The minimum atomic E-state index is -0.990. The molecule has 1 heterocycles. The molecule has 1 aromatic carbocycles. The van der Waals surface area contributed by atoms with Gasteiger partial charge in [0.25, 0.3) is 0 Å². The number of aromatic carboxylic acids is 1. The van der Waals surface area contributed by atoms with E-state index in [1.54, 1.807) is 0 Å². The highest BCUT2D eigenvalue weighted by atomic mass is 32.1. The molecule has 0 radical (unpaired) electrons. The third kappa shape index (κ3) is 3.92. The molecule has 0 bridgehead atoms. The van der Waals surface area contributed by atoms with E-state index in [0.29, 0.717) is 17.1 Å². The number of aryl methyl sites for hydroxylation is 3. The van der Waals surface area contributed by atoms with Gasteiger partial charge in [0.05, 0.1) is 12.1 Å². The first-order valence-corrected chi connectivity index (χ1v) is 7.80. The number of thiazole rings is 1. The van der Waals surface area contributed by atoms with Gasteiger partial charge < -0.3 is 10.4 Å². The number of carbonyl (C=O) groups excluding carboxylic acids is 1. The van der Waals surface area contributed by atoms with Crippen LogP contribution in [0.25, 0.3) is 0 Å². The molecule has 22 heavy (non-hydrogen) atoms. The van der Waals surface area contributed by atoms with Crippen molar-refractivity contribution in [3.05, 3.63) is 44.9 Å². The van der Waals surface area contributed by atoms with Crippen molar-refractivity contribution in [1.82, 2.24) is 4.98 Å². The predicted octanol–water partition coefficient (Wildman–Crippen LogP) is 3.20. The molecule has 1 amide bonds. The molecule has 0 fully saturated rings. The van der Waals surface area contributed by atoms with Crippen molar-refractivity contribution in [3.63, 3.8) is 0 Å². The van der Waals surface area contributed by atoms with Gasteiger partial charge in [-0.1, -0.05) is 13.0 Å². The summed E-state index contributed by atoms with van der Waals surface area (Å²) in [5, 5.41) is 12.5. The van der Waals surface area contributed by atoms with Gasteiger partial charge in [-0.2, -0.15) is 0 Å². The molecular formula is C16H18N2O3S. The van der Waals surface area contributed by atoms with Gasteiger partial charge in [-0.05, 0) is 43.5 Å². The molecule has 6 heteroatoms. The predicted molar refractivity (Wildman–Crippen MR) is 86.7 cm³/mol. The fourth-order valence-corrected chi connectivity index (χ4v) is 3.26. The Kier molecular flexibility index (Phi) is 4.92. The Labute approximate surface area is 133 Å². The Hall–Kier alpha value is -2.21. The van der Waals surface area contributed by atoms with Gasteiger partial charge in [0.15, 0.2) is 0 Å². The third-order valence-electron chi connectivity index (χ3n) is 3.09. The molecule has 0 saturated carbocycles. The van der Waals surface area contributed by atoms with E-state index in [1.807, 2.05) is 39.0 Å². The topological polar surface area (TPSA) is 79.3 Å². The summed E-state index contributed by atoms with van der Waals surface area (Å²) in [5.41, 5.74) is 3.43. The molecule has 0 atom stereocenters. The van der Waals surface area contributed by atoms with E-state index in [0.717, 1.165) is 28.2 Å². The van der Waals surface area contributed by atoms with Crippen LogP contribution in [0.2, 0.25) is 0 Å². The molecule has 1 aromatic heterocycles. The van der Waals surface area contributed by atoms with Gasteiger partial charge in [-0.3, -0.25) is 4.79 Å². The molecule has 0 spiro atoms. The summed E-state index contributed by atoms with van der Waals surface area (Å²) >= 11 is 1.07. The lowest BCUT2D eigenvalue weighted by Crippen LogP contribution is -2.14. The van der Waals surface area contributed by atoms with Crippen molar-refractivity contribution in [3.8, 4) is 0 Å². The zero-order valence-corrected chi connectivity index (χ0v) is 13.6. The first-order valence-electron chi connectivity index (χ1n) is 6.99. The number of rotatable bonds is 5. The number of carboxylic acid groups (broad SMARTS) is 1. The smallest absolute Gasteiger partial charge is 0.347 e. The van der Waals surface area contributed by atoms with E-state index in [2.05, 4.69) is 10.3 Å². The van der Waals surface area contributed by atoms with Crippen LogP contribution in [-0.2, 0) is 17.6 Å². The molecule has 0 aliphatic carbocycles. The maximum atomic E-state index is 12.1. The highest BCUT2D eigenvalue weighted by Gasteiger charge is 2.17. The highest BCUT2D eigenvalue weighted by Crippen LogP contribution is 2.20. The fourth-order valence-electron chi connectivity index (χ4n) is 2.27. The van der Waals surface area contributed by atoms with E-state index in [9.17, 15) is 9.59 Å². The molecule has 2 rings (SSSR count). The molecule has 5 nitrogen and oxygen atoms in total. The monoisotopic (exact) mass is 318 g/mol. The van der Waals surface area contributed by atoms with Crippen LogP contribution in [0.1, 0.15) is 38.4 Å². The van der Waals surface area contributed by atoms with Crippen molar-refractivity contribution >= 4 is 28.9 Å². The van der Waals surface area contributed by atoms with E-state index in [1.165, 1.54) is 0 Å². The SMILES string of the molecule is CCc1nc(CC(=O)Nc2cc(C)cc(C)c2)sc1C(=O)O. The Morgan fingerprint density at radius 3 is 2.36 bits per heavy atom. The summed E-state index contributed by atoms with van der Waals surface area (Å²) in [7, 11) is 0. The minimum Gasteiger partial charge on any atom is -0.477 e. The van der Waals surface area contributed by atoms with Crippen LogP contribution < -0.4 is 5.32 Å². The lowest BCUT2D eigenvalue weighted by atomic mass is 10.1. The second-order valence-corrected chi connectivity index (χ2v) is 6.23. The summed E-state index contributed by atoms with van der Waals surface area (Å²) in [4.78, 5) is 27.7. The second-order valence-electron chi connectivity index (χ2n) is 5.14. The largest absolute Gasteiger partial charge is 0.477 e. The standard InChI is InChI=1S/C16H18N2O3S/c1-4-12-15(16(20)21)22-14(18-12)8-13(19)17-11-6-9(2)5-10(3)7-11/h5-7H,4,8H2,1-3H3,(H,17,19)(H,20,21). The first-order chi connectivity index (χ1) is 10.4. The number of nitrogens with one attached hydrogen (secondary N) is 1. The number of benzene rings is 1. The van der Waals surface area contributed by atoms with Gasteiger partial charge in [0.2, 0.25) is 5.91 Å². The average molecular weight is 318 g/mol. The molecular weight excluding hydrogens is 300 g/mol. The Morgan fingerprint density at radius 2 is 1.86 bits per heavy atom. The number of carbonyl (C=O) groups is 2. The van der Waals surface area contributed by atoms with Gasteiger partial charge in [0.1, 0.15) is 9.88 Å².